The molecule has 2 saturated heterocycles. The number of carbonyl (C=O) groups is 1. The van der Waals surface area contributed by atoms with Crippen molar-refractivity contribution in [2.45, 2.75) is 32.0 Å². The molecule has 0 unspecified atom stereocenters. The molecule has 232 valence electrons. The average molecular weight is 603 g/mol. The van der Waals surface area contributed by atoms with E-state index in [4.69, 9.17) is 14.2 Å². The van der Waals surface area contributed by atoms with Gasteiger partial charge in [0.1, 0.15) is 6.61 Å². The zero-order valence-corrected chi connectivity index (χ0v) is 24.7. The van der Waals surface area contributed by atoms with Crippen molar-refractivity contribution in [1.82, 2.24) is 4.90 Å². The Labute approximate surface area is 256 Å². The van der Waals surface area contributed by atoms with E-state index in [1.807, 2.05) is 42.5 Å². The standard InChI is InChI=1S/C33H38N4O7/c1-3-19-42-33(39)34-27-6-4-5-26(20-27)32-43-30(23(2)31(44-32)25-9-7-24(22-38)8-10-25)21-35-15-17-36(18-16-35)28-11-13-29(14-12-28)37(40)41/h3-14,20,23,30-32,38H,1,15-19,21-22H2,2H3,(H,34,39)/t23-,30+,31+,32+/m1/s1. The summed E-state index contributed by atoms with van der Waals surface area (Å²) in [6.07, 6.45) is -0.165. The van der Waals surface area contributed by atoms with Crippen LogP contribution in [-0.4, -0.2) is 66.5 Å². The van der Waals surface area contributed by atoms with E-state index in [0.29, 0.717) is 12.2 Å². The summed E-state index contributed by atoms with van der Waals surface area (Å²) in [5.41, 5.74) is 4.21. The quantitative estimate of drug-likeness (QED) is 0.177. The lowest BCUT2D eigenvalue weighted by atomic mass is 9.90. The van der Waals surface area contributed by atoms with E-state index in [-0.39, 0.29) is 42.0 Å². The number of rotatable bonds is 10. The molecule has 0 radical (unpaired) electrons. The van der Waals surface area contributed by atoms with Crippen LogP contribution >= 0.6 is 0 Å². The Balaban J connectivity index is 1.30. The number of piperazine rings is 1. The summed E-state index contributed by atoms with van der Waals surface area (Å²) in [6, 6.07) is 21.8. The van der Waals surface area contributed by atoms with Crippen LogP contribution in [0.4, 0.5) is 21.9 Å². The Kier molecular flexibility index (Phi) is 10.2. The molecular weight excluding hydrogens is 564 g/mol. The zero-order chi connectivity index (χ0) is 31.1. The van der Waals surface area contributed by atoms with E-state index < -0.39 is 12.4 Å². The Morgan fingerprint density at radius 1 is 1.07 bits per heavy atom. The number of aliphatic hydroxyl groups excluding tert-OH is 1. The molecule has 0 bridgehead atoms. The largest absolute Gasteiger partial charge is 0.445 e. The normalized spacial score (nSPS) is 22.3. The fourth-order valence-corrected chi connectivity index (χ4v) is 5.61. The van der Waals surface area contributed by atoms with Gasteiger partial charge in [0.15, 0.2) is 6.29 Å². The molecule has 2 heterocycles. The first-order valence-electron chi connectivity index (χ1n) is 14.7. The summed E-state index contributed by atoms with van der Waals surface area (Å²) < 4.78 is 18.2. The van der Waals surface area contributed by atoms with Crippen LogP contribution < -0.4 is 10.2 Å². The van der Waals surface area contributed by atoms with Gasteiger partial charge in [-0.2, -0.15) is 0 Å². The molecule has 3 aromatic carbocycles. The molecule has 0 saturated carbocycles. The fraction of sp³-hybridized carbons (Fsp3) is 0.364. The number of non-ortho nitro benzene ring substituents is 1. The highest BCUT2D eigenvalue weighted by Gasteiger charge is 2.39. The summed E-state index contributed by atoms with van der Waals surface area (Å²) in [4.78, 5) is 27.4. The second-order valence-electron chi connectivity index (χ2n) is 11.0. The number of aliphatic hydroxyl groups is 1. The third-order valence-corrected chi connectivity index (χ3v) is 8.10. The van der Waals surface area contributed by atoms with Crippen LogP contribution in [0.15, 0.2) is 85.5 Å². The van der Waals surface area contributed by atoms with Gasteiger partial charge in [-0.1, -0.05) is 56.0 Å². The number of nitrogens with one attached hydrogen (secondary N) is 1. The summed E-state index contributed by atoms with van der Waals surface area (Å²) in [6.45, 7) is 9.69. The molecule has 5 rings (SSSR count). The smallest absolute Gasteiger partial charge is 0.411 e. The monoisotopic (exact) mass is 602 g/mol. The van der Waals surface area contributed by atoms with E-state index in [0.717, 1.165) is 48.6 Å². The van der Waals surface area contributed by atoms with Crippen LogP contribution in [0.3, 0.4) is 0 Å². The summed E-state index contributed by atoms with van der Waals surface area (Å²) >= 11 is 0. The maximum Gasteiger partial charge on any atom is 0.411 e. The second-order valence-corrected chi connectivity index (χ2v) is 11.0. The number of nitrogens with zero attached hydrogens (tertiary/aromatic N) is 3. The van der Waals surface area contributed by atoms with E-state index in [1.54, 1.807) is 30.3 Å². The number of hydrogen-bond acceptors (Lipinski definition) is 9. The highest BCUT2D eigenvalue weighted by Crippen LogP contribution is 2.42. The number of carbonyl (C=O) groups excluding carboxylic acids is 1. The minimum absolute atomic E-state index is 0.0223. The maximum absolute atomic E-state index is 12.1. The Hall–Kier alpha value is -4.29. The second kappa shape index (κ2) is 14.5. The Bertz CT molecular complexity index is 1420. The topological polar surface area (TPSA) is 127 Å². The molecule has 0 spiro atoms. The number of amides is 1. The third kappa shape index (κ3) is 7.61. The highest BCUT2D eigenvalue weighted by atomic mass is 16.7. The first-order chi connectivity index (χ1) is 21.3. The Morgan fingerprint density at radius 3 is 2.45 bits per heavy atom. The van der Waals surface area contributed by atoms with Gasteiger partial charge in [-0.3, -0.25) is 20.3 Å². The molecule has 3 aromatic rings. The summed E-state index contributed by atoms with van der Waals surface area (Å²) in [5.74, 6) is 0.0223. The van der Waals surface area contributed by atoms with Crippen molar-refractivity contribution in [3.05, 3.63) is 112 Å². The lowest BCUT2D eigenvalue weighted by Gasteiger charge is -2.44. The van der Waals surface area contributed by atoms with E-state index in [1.165, 1.54) is 6.08 Å². The van der Waals surface area contributed by atoms with Gasteiger partial charge in [-0.15, -0.1) is 0 Å². The zero-order valence-electron chi connectivity index (χ0n) is 24.7. The Morgan fingerprint density at radius 2 is 1.80 bits per heavy atom. The molecule has 2 N–H and O–H groups in total. The molecule has 0 aliphatic carbocycles. The molecule has 11 heteroatoms. The predicted octanol–water partition coefficient (Wildman–Crippen LogP) is 5.44. The van der Waals surface area contributed by atoms with Gasteiger partial charge in [0.05, 0.1) is 23.7 Å². The van der Waals surface area contributed by atoms with Crippen LogP contribution in [0.25, 0.3) is 0 Å². The highest BCUT2D eigenvalue weighted by molar-refractivity contribution is 5.84. The number of hydrogen-bond donors (Lipinski definition) is 2. The molecule has 1 amide bonds. The fourth-order valence-electron chi connectivity index (χ4n) is 5.61. The van der Waals surface area contributed by atoms with Crippen molar-refractivity contribution < 1.29 is 29.0 Å². The van der Waals surface area contributed by atoms with Crippen molar-refractivity contribution >= 4 is 23.2 Å². The minimum Gasteiger partial charge on any atom is -0.445 e. The SMILES string of the molecule is C=CCOC(=O)Nc1cccc([C@H]2O[C@@H](CN3CCN(c4ccc([N+](=O)[O-])cc4)CC3)[C@@H](C)[C@@H](c3ccc(CO)cc3)O2)c1. The lowest BCUT2D eigenvalue weighted by molar-refractivity contribution is -0.384. The number of anilines is 2. The molecule has 44 heavy (non-hydrogen) atoms. The van der Waals surface area contributed by atoms with E-state index in [9.17, 15) is 20.0 Å². The van der Waals surface area contributed by atoms with Gasteiger partial charge in [-0.25, -0.2) is 4.79 Å². The predicted molar refractivity (Wildman–Crippen MR) is 166 cm³/mol. The average Bonchev–Trinajstić information content (AvgIpc) is 3.05. The lowest BCUT2D eigenvalue weighted by Crippen LogP contribution is -2.51. The summed E-state index contributed by atoms with van der Waals surface area (Å²) in [7, 11) is 0. The molecule has 2 aliphatic heterocycles. The molecule has 2 aliphatic rings. The maximum atomic E-state index is 12.1. The van der Waals surface area contributed by atoms with Crippen molar-refractivity contribution in [2.75, 3.05) is 49.5 Å². The van der Waals surface area contributed by atoms with Crippen LogP contribution in [0, 0.1) is 16.0 Å². The first kappa shape index (κ1) is 31.1. The van der Waals surface area contributed by atoms with E-state index >= 15 is 0 Å². The third-order valence-electron chi connectivity index (χ3n) is 8.10. The van der Waals surface area contributed by atoms with Crippen molar-refractivity contribution in [3.8, 4) is 0 Å². The van der Waals surface area contributed by atoms with Crippen molar-refractivity contribution in [1.29, 1.82) is 0 Å². The molecule has 0 aromatic heterocycles. The van der Waals surface area contributed by atoms with Gasteiger partial charge in [0.2, 0.25) is 0 Å². The van der Waals surface area contributed by atoms with Gasteiger partial charge in [0.25, 0.3) is 5.69 Å². The van der Waals surface area contributed by atoms with Crippen LogP contribution in [0.2, 0.25) is 0 Å². The number of benzene rings is 3. The van der Waals surface area contributed by atoms with Gasteiger partial charge >= 0.3 is 6.09 Å². The van der Waals surface area contributed by atoms with Crippen LogP contribution in [0.5, 0.6) is 0 Å². The van der Waals surface area contributed by atoms with Gasteiger partial charge in [-0.05, 0) is 35.4 Å². The number of nitro groups is 1. The van der Waals surface area contributed by atoms with Gasteiger partial charge in [0, 0.05) is 67.7 Å². The minimum atomic E-state index is -0.675. The van der Waals surface area contributed by atoms with Crippen LogP contribution in [0.1, 0.15) is 36.0 Å². The first-order valence-corrected chi connectivity index (χ1v) is 14.7. The number of ether oxygens (including phenoxy) is 3. The van der Waals surface area contributed by atoms with Crippen molar-refractivity contribution in [2.24, 2.45) is 5.92 Å². The molecular formula is C33H38N4O7. The molecule has 11 nitrogen and oxygen atoms in total. The number of nitro benzene ring substituents is 1. The molecule has 4 atom stereocenters. The van der Waals surface area contributed by atoms with Gasteiger partial charge < -0.3 is 24.2 Å². The van der Waals surface area contributed by atoms with E-state index in [2.05, 4.69) is 28.6 Å². The van der Waals surface area contributed by atoms with Crippen molar-refractivity contribution in [3.63, 3.8) is 0 Å². The molecule has 2 fully saturated rings. The van der Waals surface area contributed by atoms with Crippen LogP contribution in [-0.2, 0) is 20.8 Å². The summed E-state index contributed by atoms with van der Waals surface area (Å²) in [5, 5.41) is 23.3.